The smallest absolute Gasteiger partial charge is 0.434 e. The maximum absolute atomic E-state index is 14.3. The van der Waals surface area contributed by atoms with E-state index in [0.29, 0.717) is 17.2 Å². The van der Waals surface area contributed by atoms with Crippen molar-refractivity contribution in [2.75, 3.05) is 6.61 Å². The summed E-state index contributed by atoms with van der Waals surface area (Å²) in [4.78, 5) is 11.8. The van der Waals surface area contributed by atoms with Crippen molar-refractivity contribution in [3.63, 3.8) is 0 Å². The Kier molecular flexibility index (Phi) is 4.10. The Balaban J connectivity index is 2.24. The molecule has 3 rings (SSSR count). The Morgan fingerprint density at radius 3 is 2.65 bits per heavy atom. The quantitative estimate of drug-likeness (QED) is 0.378. The molecule has 0 aromatic heterocycles. The van der Waals surface area contributed by atoms with Crippen LogP contribution in [0.5, 0.6) is 5.75 Å². The van der Waals surface area contributed by atoms with Crippen LogP contribution in [0, 0.1) is 11.6 Å². The zero-order valence-electron chi connectivity index (χ0n) is 12.4. The van der Waals surface area contributed by atoms with Gasteiger partial charge >= 0.3 is 6.16 Å². The van der Waals surface area contributed by atoms with Crippen LogP contribution in [0.25, 0.3) is 21.5 Å². The summed E-state index contributed by atoms with van der Waals surface area (Å²) in [5, 5.41) is 1.64. The number of ether oxygens (including phenoxy) is 2. The summed E-state index contributed by atoms with van der Waals surface area (Å²) in [6, 6.07) is 11.2. The second kappa shape index (κ2) is 6.20. The molecule has 5 heteroatoms. The van der Waals surface area contributed by atoms with Crippen LogP contribution < -0.4 is 4.74 Å². The maximum atomic E-state index is 14.3. The Labute approximate surface area is 131 Å². The van der Waals surface area contributed by atoms with Gasteiger partial charge in [-0.2, -0.15) is 0 Å². The third-order valence-electron chi connectivity index (χ3n) is 3.48. The fraction of sp³-hybridized carbons (Fsp3) is 0.167. The van der Waals surface area contributed by atoms with E-state index in [2.05, 4.69) is 0 Å². The van der Waals surface area contributed by atoms with E-state index >= 15 is 0 Å². The van der Waals surface area contributed by atoms with Crippen molar-refractivity contribution in [3.05, 3.63) is 54.1 Å². The van der Waals surface area contributed by atoms with Crippen LogP contribution in [0.4, 0.5) is 13.6 Å². The zero-order chi connectivity index (χ0) is 16.4. The Hall–Kier alpha value is -2.69. The van der Waals surface area contributed by atoms with E-state index in [4.69, 9.17) is 9.47 Å². The summed E-state index contributed by atoms with van der Waals surface area (Å²) in [5.74, 6) is -2.08. The monoisotopic (exact) mass is 316 g/mol. The molecule has 0 heterocycles. The molecule has 23 heavy (non-hydrogen) atoms. The minimum absolute atomic E-state index is 0.0313. The van der Waals surface area contributed by atoms with E-state index in [-0.39, 0.29) is 17.7 Å². The zero-order valence-corrected chi connectivity index (χ0v) is 12.4. The molecule has 0 atom stereocenters. The minimum Gasteiger partial charge on any atom is -0.434 e. The maximum Gasteiger partial charge on any atom is 0.513 e. The molecule has 0 radical (unpaired) electrons. The van der Waals surface area contributed by atoms with Crippen molar-refractivity contribution in [3.8, 4) is 5.75 Å². The van der Waals surface area contributed by atoms with Crippen molar-refractivity contribution in [2.24, 2.45) is 0 Å². The lowest BCUT2D eigenvalue weighted by Crippen LogP contribution is -2.12. The number of carbonyl (C=O) groups is 1. The van der Waals surface area contributed by atoms with Gasteiger partial charge in [-0.25, -0.2) is 13.6 Å². The van der Waals surface area contributed by atoms with Gasteiger partial charge in [0.1, 0.15) is 0 Å². The summed E-state index contributed by atoms with van der Waals surface area (Å²) in [5.41, 5.74) is 0. The highest BCUT2D eigenvalue weighted by atomic mass is 19.2. The SMILES string of the molecule is CCCOC(=O)Oc1c2ccccc2cc2ccc(F)c(F)c12. The lowest BCUT2D eigenvalue weighted by atomic mass is 10.0. The molecule has 3 aromatic rings. The molecule has 0 spiro atoms. The van der Waals surface area contributed by atoms with Crippen molar-refractivity contribution >= 4 is 27.7 Å². The number of benzene rings is 3. The number of hydrogen-bond acceptors (Lipinski definition) is 3. The van der Waals surface area contributed by atoms with E-state index in [1.807, 2.05) is 13.0 Å². The highest BCUT2D eigenvalue weighted by Gasteiger charge is 2.18. The number of halogens is 2. The normalized spacial score (nSPS) is 10.9. The molecule has 0 aliphatic rings. The minimum atomic E-state index is -1.05. The summed E-state index contributed by atoms with van der Waals surface area (Å²) >= 11 is 0. The van der Waals surface area contributed by atoms with Crippen molar-refractivity contribution < 1.29 is 23.0 Å². The number of carbonyl (C=O) groups excluding carboxylic acids is 1. The highest BCUT2D eigenvalue weighted by molar-refractivity contribution is 6.06. The van der Waals surface area contributed by atoms with E-state index in [0.717, 1.165) is 11.5 Å². The topological polar surface area (TPSA) is 35.5 Å². The lowest BCUT2D eigenvalue weighted by Gasteiger charge is -2.12. The molecule has 3 aromatic carbocycles. The molecule has 0 amide bonds. The van der Waals surface area contributed by atoms with Gasteiger partial charge in [-0.3, -0.25) is 0 Å². The lowest BCUT2D eigenvalue weighted by molar-refractivity contribution is 0.100. The van der Waals surface area contributed by atoms with Gasteiger partial charge in [0.05, 0.1) is 12.0 Å². The second-order valence-electron chi connectivity index (χ2n) is 5.09. The molecular weight excluding hydrogens is 302 g/mol. The van der Waals surface area contributed by atoms with E-state index in [1.165, 1.54) is 6.07 Å². The molecule has 0 aliphatic heterocycles. The summed E-state index contributed by atoms with van der Waals surface area (Å²) in [6.07, 6.45) is -0.304. The van der Waals surface area contributed by atoms with Crippen LogP contribution >= 0.6 is 0 Å². The molecular formula is C18H14F2O3. The van der Waals surface area contributed by atoms with E-state index in [9.17, 15) is 13.6 Å². The van der Waals surface area contributed by atoms with Gasteiger partial charge in [-0.15, -0.1) is 0 Å². The van der Waals surface area contributed by atoms with Crippen LogP contribution in [0.1, 0.15) is 13.3 Å². The highest BCUT2D eigenvalue weighted by Crippen LogP contribution is 2.37. The van der Waals surface area contributed by atoms with E-state index in [1.54, 1.807) is 24.3 Å². The van der Waals surface area contributed by atoms with Gasteiger partial charge in [0, 0.05) is 5.39 Å². The molecule has 118 valence electrons. The fourth-order valence-electron chi connectivity index (χ4n) is 2.45. The molecule has 0 N–H and O–H groups in total. The molecule has 0 saturated heterocycles. The van der Waals surface area contributed by atoms with Crippen molar-refractivity contribution in [1.82, 2.24) is 0 Å². The molecule has 0 saturated carbocycles. The van der Waals surface area contributed by atoms with Gasteiger partial charge in [-0.1, -0.05) is 37.3 Å². The Morgan fingerprint density at radius 1 is 1.09 bits per heavy atom. The first-order chi connectivity index (χ1) is 11.1. The van der Waals surface area contributed by atoms with Gasteiger partial charge in [-0.05, 0) is 29.3 Å². The van der Waals surface area contributed by atoms with Crippen molar-refractivity contribution in [2.45, 2.75) is 13.3 Å². The molecule has 0 aliphatic carbocycles. The third kappa shape index (κ3) is 2.82. The number of rotatable bonds is 3. The van der Waals surface area contributed by atoms with Crippen LogP contribution in [-0.2, 0) is 4.74 Å². The van der Waals surface area contributed by atoms with Crippen LogP contribution in [-0.4, -0.2) is 12.8 Å². The van der Waals surface area contributed by atoms with Crippen LogP contribution in [0.2, 0.25) is 0 Å². The first kappa shape index (κ1) is 15.2. The van der Waals surface area contributed by atoms with Crippen molar-refractivity contribution in [1.29, 1.82) is 0 Å². The Bertz CT molecular complexity index is 890. The largest absolute Gasteiger partial charge is 0.513 e. The average molecular weight is 316 g/mol. The predicted molar refractivity (Wildman–Crippen MR) is 83.6 cm³/mol. The van der Waals surface area contributed by atoms with Crippen LogP contribution in [0.3, 0.4) is 0 Å². The number of fused-ring (bicyclic) bond motifs is 2. The molecule has 0 fully saturated rings. The molecule has 0 bridgehead atoms. The predicted octanol–water partition coefficient (Wildman–Crippen LogP) is 5.20. The summed E-state index contributed by atoms with van der Waals surface area (Å²) < 4.78 is 38.0. The summed E-state index contributed by atoms with van der Waals surface area (Å²) in [6.45, 7) is 2.04. The van der Waals surface area contributed by atoms with Gasteiger partial charge in [0.15, 0.2) is 17.4 Å². The van der Waals surface area contributed by atoms with Gasteiger partial charge < -0.3 is 9.47 Å². The number of hydrogen-bond donors (Lipinski definition) is 0. The van der Waals surface area contributed by atoms with Gasteiger partial charge in [0.25, 0.3) is 0 Å². The average Bonchev–Trinajstić information content (AvgIpc) is 2.56. The molecule has 3 nitrogen and oxygen atoms in total. The third-order valence-corrected chi connectivity index (χ3v) is 3.48. The van der Waals surface area contributed by atoms with Crippen LogP contribution in [0.15, 0.2) is 42.5 Å². The fourth-order valence-corrected chi connectivity index (χ4v) is 2.45. The first-order valence-corrected chi connectivity index (χ1v) is 7.26. The summed E-state index contributed by atoms with van der Waals surface area (Å²) in [7, 11) is 0. The standard InChI is InChI=1S/C18H14F2O3/c1-2-9-22-18(21)23-17-13-6-4-3-5-11(13)10-12-7-8-14(19)16(20)15(12)17/h3-8,10H,2,9H2,1H3. The molecule has 0 unspecified atom stereocenters. The van der Waals surface area contributed by atoms with E-state index < -0.39 is 17.8 Å². The first-order valence-electron chi connectivity index (χ1n) is 7.26. The van der Waals surface area contributed by atoms with Gasteiger partial charge in [0.2, 0.25) is 0 Å². The Morgan fingerprint density at radius 2 is 1.87 bits per heavy atom. The second-order valence-corrected chi connectivity index (χ2v) is 5.09.